The van der Waals surface area contributed by atoms with Gasteiger partial charge in [-0.05, 0) is 30.3 Å². The van der Waals surface area contributed by atoms with E-state index in [1.165, 1.54) is 11.1 Å². The maximum absolute atomic E-state index is 3.66. The van der Waals surface area contributed by atoms with Crippen molar-refractivity contribution in [1.29, 1.82) is 0 Å². The average Bonchev–Trinajstić information content (AvgIpc) is 2.50. The minimum Gasteiger partial charge on any atom is -0.312 e. The first kappa shape index (κ1) is 15.1. The lowest BCUT2D eigenvalue weighted by Gasteiger charge is -2.27. The van der Waals surface area contributed by atoms with Crippen molar-refractivity contribution in [2.75, 3.05) is 12.8 Å². The molecule has 2 aromatic carbocycles. The molecule has 106 valence electrons. The first-order valence-electron chi connectivity index (χ1n) is 7.20. The second kappa shape index (κ2) is 8.13. The molecule has 0 radical (unpaired) electrons. The van der Waals surface area contributed by atoms with Crippen LogP contribution in [0.2, 0.25) is 0 Å². The molecule has 2 unspecified atom stereocenters. The maximum Gasteiger partial charge on any atom is 0.0450 e. The number of rotatable bonds is 7. The largest absolute Gasteiger partial charge is 0.312 e. The van der Waals surface area contributed by atoms with Crippen LogP contribution in [0.3, 0.4) is 0 Å². The van der Waals surface area contributed by atoms with Gasteiger partial charge < -0.3 is 5.32 Å². The molecule has 0 saturated carbocycles. The van der Waals surface area contributed by atoms with E-state index in [0.29, 0.717) is 11.3 Å². The Kier molecular flexibility index (Phi) is 6.16. The third-order valence-electron chi connectivity index (χ3n) is 3.51. The Morgan fingerprint density at radius 1 is 0.950 bits per heavy atom. The summed E-state index contributed by atoms with van der Waals surface area (Å²) in [5.41, 5.74) is 2.80. The zero-order valence-electron chi connectivity index (χ0n) is 12.3. The Morgan fingerprint density at radius 2 is 1.55 bits per heavy atom. The third kappa shape index (κ3) is 4.12. The molecule has 1 N–H and O–H groups in total. The van der Waals surface area contributed by atoms with Crippen molar-refractivity contribution in [1.82, 2.24) is 5.32 Å². The Morgan fingerprint density at radius 3 is 2.10 bits per heavy atom. The summed E-state index contributed by atoms with van der Waals surface area (Å²) in [6.45, 7) is 3.18. The normalized spacial score (nSPS) is 13.9. The lowest BCUT2D eigenvalue weighted by atomic mass is 9.98. The molecule has 0 heterocycles. The maximum atomic E-state index is 3.66. The van der Waals surface area contributed by atoms with Crippen molar-refractivity contribution in [3.8, 4) is 0 Å². The quantitative estimate of drug-likeness (QED) is 0.813. The molecule has 0 aliphatic carbocycles. The first-order chi connectivity index (χ1) is 9.85. The van der Waals surface area contributed by atoms with Gasteiger partial charge in [-0.15, -0.1) is 0 Å². The van der Waals surface area contributed by atoms with E-state index in [4.69, 9.17) is 0 Å². The molecule has 0 aliphatic heterocycles. The second-order valence-corrected chi connectivity index (χ2v) is 5.90. The van der Waals surface area contributed by atoms with Crippen molar-refractivity contribution < 1.29 is 0 Å². The summed E-state index contributed by atoms with van der Waals surface area (Å²) < 4.78 is 0. The molecule has 0 spiro atoms. The highest BCUT2D eigenvalue weighted by Crippen LogP contribution is 2.31. The van der Waals surface area contributed by atoms with Gasteiger partial charge in [0.1, 0.15) is 0 Å². The van der Waals surface area contributed by atoms with E-state index in [1.54, 1.807) is 0 Å². The molecule has 0 saturated heterocycles. The Balaban J connectivity index is 2.17. The van der Waals surface area contributed by atoms with E-state index in [0.717, 1.165) is 13.0 Å². The second-order valence-electron chi connectivity index (χ2n) is 4.92. The van der Waals surface area contributed by atoms with Crippen LogP contribution in [-0.4, -0.2) is 18.8 Å². The van der Waals surface area contributed by atoms with Gasteiger partial charge in [-0.1, -0.05) is 67.6 Å². The first-order valence-corrected chi connectivity index (χ1v) is 8.49. The number of likely N-dealkylation sites (N-methyl/N-ethyl adjacent to an activating group) is 1. The molecule has 2 aromatic rings. The smallest absolute Gasteiger partial charge is 0.0450 e. The number of nitrogens with one attached hydrogen (secondary N) is 1. The van der Waals surface area contributed by atoms with Gasteiger partial charge in [0.25, 0.3) is 0 Å². The van der Waals surface area contributed by atoms with Crippen LogP contribution in [0.1, 0.15) is 23.3 Å². The van der Waals surface area contributed by atoms with Crippen LogP contribution < -0.4 is 5.32 Å². The molecule has 0 aliphatic rings. The van der Waals surface area contributed by atoms with Crippen molar-refractivity contribution >= 4 is 11.8 Å². The van der Waals surface area contributed by atoms with Gasteiger partial charge in [-0.25, -0.2) is 0 Å². The molecule has 2 heteroatoms. The van der Waals surface area contributed by atoms with Crippen LogP contribution in [0.4, 0.5) is 0 Å². The highest BCUT2D eigenvalue weighted by molar-refractivity contribution is 7.98. The van der Waals surface area contributed by atoms with Crippen LogP contribution in [0.15, 0.2) is 60.7 Å². The van der Waals surface area contributed by atoms with Crippen LogP contribution in [0.25, 0.3) is 0 Å². The summed E-state index contributed by atoms with van der Waals surface area (Å²) in [5.74, 6) is 0. The standard InChI is InChI=1S/C18H23NS/c1-3-19-17(14-15-10-6-4-7-11-15)18(20-2)16-12-8-5-9-13-16/h4-13,17-19H,3,14H2,1-2H3. The van der Waals surface area contributed by atoms with Crippen molar-refractivity contribution in [2.45, 2.75) is 24.6 Å². The van der Waals surface area contributed by atoms with E-state index < -0.39 is 0 Å². The predicted molar refractivity (Wildman–Crippen MR) is 90.3 cm³/mol. The third-order valence-corrected chi connectivity index (χ3v) is 4.62. The molecule has 0 amide bonds. The van der Waals surface area contributed by atoms with Crippen molar-refractivity contribution in [3.63, 3.8) is 0 Å². The Hall–Kier alpha value is -1.25. The Labute approximate surface area is 126 Å². The van der Waals surface area contributed by atoms with Gasteiger partial charge in [0, 0.05) is 11.3 Å². The molecular formula is C18H23NS. The van der Waals surface area contributed by atoms with E-state index in [2.05, 4.69) is 79.2 Å². The number of benzene rings is 2. The lowest BCUT2D eigenvalue weighted by molar-refractivity contribution is 0.514. The molecule has 2 rings (SSSR count). The monoisotopic (exact) mass is 285 g/mol. The van der Waals surface area contributed by atoms with E-state index in [-0.39, 0.29) is 0 Å². The minimum atomic E-state index is 0.458. The van der Waals surface area contributed by atoms with Gasteiger partial charge in [0.15, 0.2) is 0 Å². The van der Waals surface area contributed by atoms with Crippen LogP contribution in [0, 0.1) is 0 Å². The molecule has 0 aromatic heterocycles. The highest BCUT2D eigenvalue weighted by atomic mass is 32.2. The summed E-state index contributed by atoms with van der Waals surface area (Å²) in [5, 5.41) is 4.14. The minimum absolute atomic E-state index is 0.458. The topological polar surface area (TPSA) is 12.0 Å². The molecule has 20 heavy (non-hydrogen) atoms. The molecule has 0 bridgehead atoms. The average molecular weight is 285 g/mol. The molecule has 1 nitrogen and oxygen atoms in total. The van der Waals surface area contributed by atoms with Crippen LogP contribution in [-0.2, 0) is 6.42 Å². The summed E-state index contributed by atoms with van der Waals surface area (Å²) in [6, 6.07) is 22.0. The number of hydrogen-bond acceptors (Lipinski definition) is 2. The fraction of sp³-hybridized carbons (Fsp3) is 0.333. The van der Waals surface area contributed by atoms with Gasteiger partial charge in [0.05, 0.1) is 0 Å². The fourth-order valence-electron chi connectivity index (χ4n) is 2.59. The Bertz CT molecular complexity index is 483. The highest BCUT2D eigenvalue weighted by Gasteiger charge is 2.21. The number of hydrogen-bond donors (Lipinski definition) is 1. The summed E-state index contributed by atoms with van der Waals surface area (Å²) in [4.78, 5) is 0. The van der Waals surface area contributed by atoms with Gasteiger partial charge in [-0.2, -0.15) is 11.8 Å². The van der Waals surface area contributed by atoms with Crippen LogP contribution in [0.5, 0.6) is 0 Å². The fourth-order valence-corrected chi connectivity index (χ4v) is 3.54. The SMILES string of the molecule is CCNC(Cc1ccccc1)C(SC)c1ccccc1. The zero-order chi connectivity index (χ0) is 14.2. The van der Waals surface area contributed by atoms with E-state index in [1.807, 2.05) is 11.8 Å². The summed E-state index contributed by atoms with van der Waals surface area (Å²) in [7, 11) is 0. The van der Waals surface area contributed by atoms with Gasteiger partial charge >= 0.3 is 0 Å². The molecule has 0 fully saturated rings. The van der Waals surface area contributed by atoms with Gasteiger partial charge in [-0.3, -0.25) is 0 Å². The molecule has 2 atom stereocenters. The lowest BCUT2D eigenvalue weighted by Crippen LogP contribution is -2.35. The van der Waals surface area contributed by atoms with E-state index >= 15 is 0 Å². The zero-order valence-corrected chi connectivity index (χ0v) is 13.1. The van der Waals surface area contributed by atoms with Crippen molar-refractivity contribution in [2.24, 2.45) is 0 Å². The van der Waals surface area contributed by atoms with Crippen molar-refractivity contribution in [3.05, 3.63) is 71.8 Å². The molecular weight excluding hydrogens is 262 g/mol. The van der Waals surface area contributed by atoms with E-state index in [9.17, 15) is 0 Å². The summed E-state index contributed by atoms with van der Waals surface area (Å²) >= 11 is 1.93. The summed E-state index contributed by atoms with van der Waals surface area (Å²) in [6.07, 6.45) is 3.27. The van der Waals surface area contributed by atoms with Crippen LogP contribution >= 0.6 is 11.8 Å². The number of thioether (sulfide) groups is 1. The van der Waals surface area contributed by atoms with Gasteiger partial charge in [0.2, 0.25) is 0 Å². The predicted octanol–water partition coefficient (Wildman–Crippen LogP) is 4.31.